The van der Waals surface area contributed by atoms with Crippen molar-refractivity contribution in [3.63, 3.8) is 0 Å². The molecule has 6 nitrogen and oxygen atoms in total. The number of hydrogen-bond acceptors (Lipinski definition) is 5. The minimum absolute atomic E-state index is 0.162. The van der Waals surface area contributed by atoms with E-state index in [4.69, 9.17) is 5.73 Å². The first-order valence-corrected chi connectivity index (χ1v) is 7.28. The van der Waals surface area contributed by atoms with Gasteiger partial charge >= 0.3 is 0 Å². The summed E-state index contributed by atoms with van der Waals surface area (Å²) in [5.41, 5.74) is 8.45. The molecule has 3 rings (SSSR count). The quantitative estimate of drug-likeness (QED) is 0.773. The van der Waals surface area contributed by atoms with Crippen molar-refractivity contribution in [2.75, 3.05) is 5.73 Å². The molecule has 0 spiro atoms. The molecule has 3 aromatic heterocycles. The fourth-order valence-corrected chi connectivity index (χ4v) is 3.36. The number of carbonyl (C=O) groups is 1. The van der Waals surface area contributed by atoms with E-state index >= 15 is 0 Å². The Bertz CT molecular complexity index is 806. The van der Waals surface area contributed by atoms with E-state index in [1.807, 2.05) is 26.1 Å². The van der Waals surface area contributed by atoms with Gasteiger partial charge in [-0.1, -0.05) is 0 Å². The Morgan fingerprint density at radius 3 is 2.81 bits per heavy atom. The number of amides is 1. The molecule has 0 aliphatic heterocycles. The van der Waals surface area contributed by atoms with Crippen molar-refractivity contribution in [3.8, 4) is 0 Å². The average Bonchev–Trinajstić information content (AvgIpc) is 2.97. The highest BCUT2D eigenvalue weighted by atomic mass is 32.1. The SMILES string of the molecule is Cc1nn(C)c2sc(C(=O)NCc3ccncc3)c(N)c12. The molecule has 3 N–H and O–H groups in total. The summed E-state index contributed by atoms with van der Waals surface area (Å²) in [4.78, 5) is 17.7. The number of nitrogens with two attached hydrogens (primary N) is 1. The van der Waals surface area contributed by atoms with Gasteiger partial charge in [-0.05, 0) is 24.6 Å². The predicted octanol–water partition coefficient (Wildman–Crippen LogP) is 1.85. The number of fused-ring (bicyclic) bond motifs is 1. The smallest absolute Gasteiger partial charge is 0.263 e. The molecule has 0 bridgehead atoms. The third kappa shape index (κ3) is 2.36. The molecule has 0 radical (unpaired) electrons. The number of hydrogen-bond donors (Lipinski definition) is 2. The number of pyridine rings is 1. The van der Waals surface area contributed by atoms with Gasteiger partial charge in [0.05, 0.1) is 16.8 Å². The fraction of sp³-hybridized carbons (Fsp3) is 0.214. The van der Waals surface area contributed by atoms with Crippen LogP contribution in [-0.4, -0.2) is 20.7 Å². The van der Waals surface area contributed by atoms with Crippen molar-refractivity contribution in [1.29, 1.82) is 0 Å². The van der Waals surface area contributed by atoms with Crippen LogP contribution in [0.5, 0.6) is 0 Å². The normalized spacial score (nSPS) is 11.0. The van der Waals surface area contributed by atoms with Gasteiger partial charge in [-0.3, -0.25) is 14.5 Å². The van der Waals surface area contributed by atoms with E-state index in [9.17, 15) is 4.79 Å². The van der Waals surface area contributed by atoms with Gasteiger partial charge in [-0.2, -0.15) is 5.10 Å². The van der Waals surface area contributed by atoms with E-state index < -0.39 is 0 Å². The lowest BCUT2D eigenvalue weighted by Gasteiger charge is -2.04. The highest BCUT2D eigenvalue weighted by Crippen LogP contribution is 2.35. The number of thiophene rings is 1. The maximum absolute atomic E-state index is 12.3. The molecule has 0 saturated carbocycles. The number of nitrogens with one attached hydrogen (secondary N) is 1. The van der Waals surface area contributed by atoms with Gasteiger partial charge in [0, 0.05) is 26.0 Å². The summed E-state index contributed by atoms with van der Waals surface area (Å²) in [5.74, 6) is -0.162. The van der Waals surface area contributed by atoms with Gasteiger partial charge in [0.25, 0.3) is 5.91 Å². The highest BCUT2D eigenvalue weighted by molar-refractivity contribution is 7.21. The van der Waals surface area contributed by atoms with E-state index in [0.717, 1.165) is 21.5 Å². The first-order valence-electron chi connectivity index (χ1n) is 6.46. The van der Waals surface area contributed by atoms with Gasteiger partial charge in [-0.25, -0.2) is 0 Å². The standard InChI is InChI=1S/C14H15N5OS/c1-8-10-11(15)12(21-14(10)19(2)18-8)13(20)17-7-9-3-5-16-6-4-9/h3-6H,7,15H2,1-2H3,(H,17,20). The Hall–Kier alpha value is -2.41. The molecule has 0 atom stereocenters. The minimum Gasteiger partial charge on any atom is -0.397 e. The summed E-state index contributed by atoms with van der Waals surface area (Å²) in [5, 5.41) is 8.07. The van der Waals surface area contributed by atoms with Crippen molar-refractivity contribution in [3.05, 3.63) is 40.7 Å². The van der Waals surface area contributed by atoms with Gasteiger partial charge < -0.3 is 11.1 Å². The summed E-state index contributed by atoms with van der Waals surface area (Å²) < 4.78 is 1.76. The lowest BCUT2D eigenvalue weighted by Crippen LogP contribution is -2.22. The molecule has 3 aromatic rings. The molecule has 0 unspecified atom stereocenters. The van der Waals surface area contributed by atoms with Gasteiger partial charge in [0.2, 0.25) is 0 Å². The number of aromatic nitrogens is 3. The van der Waals surface area contributed by atoms with E-state index in [1.54, 1.807) is 17.1 Å². The molecule has 0 aromatic carbocycles. The largest absolute Gasteiger partial charge is 0.397 e. The van der Waals surface area contributed by atoms with Crippen LogP contribution in [0, 0.1) is 6.92 Å². The van der Waals surface area contributed by atoms with Crippen molar-refractivity contribution >= 4 is 33.1 Å². The molecule has 1 amide bonds. The molecule has 0 aliphatic carbocycles. The number of anilines is 1. The fourth-order valence-electron chi connectivity index (χ4n) is 2.26. The molecule has 0 fully saturated rings. The highest BCUT2D eigenvalue weighted by Gasteiger charge is 2.20. The number of nitrogen functional groups attached to an aromatic ring is 1. The zero-order valence-electron chi connectivity index (χ0n) is 11.8. The maximum atomic E-state index is 12.3. The molecule has 0 aliphatic rings. The molecule has 3 heterocycles. The third-order valence-corrected chi connectivity index (χ3v) is 4.56. The zero-order valence-corrected chi connectivity index (χ0v) is 12.6. The molecule has 7 heteroatoms. The van der Waals surface area contributed by atoms with E-state index in [-0.39, 0.29) is 5.91 Å². The van der Waals surface area contributed by atoms with Crippen LogP contribution in [0.3, 0.4) is 0 Å². The van der Waals surface area contributed by atoms with Crippen molar-refractivity contribution < 1.29 is 4.79 Å². The first kappa shape index (κ1) is 13.6. The average molecular weight is 301 g/mol. The van der Waals surface area contributed by atoms with Crippen LogP contribution in [-0.2, 0) is 13.6 Å². The second kappa shape index (κ2) is 5.17. The molecule has 108 valence electrons. The van der Waals surface area contributed by atoms with Crippen LogP contribution in [0.15, 0.2) is 24.5 Å². The van der Waals surface area contributed by atoms with Crippen LogP contribution in [0.4, 0.5) is 5.69 Å². The summed E-state index contributed by atoms with van der Waals surface area (Å²) in [6.45, 7) is 2.34. The Morgan fingerprint density at radius 2 is 2.14 bits per heavy atom. The number of carbonyl (C=O) groups excluding carboxylic acids is 1. The summed E-state index contributed by atoms with van der Waals surface area (Å²) in [7, 11) is 1.85. The third-order valence-electron chi connectivity index (χ3n) is 3.29. The Morgan fingerprint density at radius 1 is 1.43 bits per heavy atom. The Labute approximate surface area is 125 Å². The van der Waals surface area contributed by atoms with Gasteiger partial charge in [-0.15, -0.1) is 11.3 Å². The van der Waals surface area contributed by atoms with Crippen LogP contribution >= 0.6 is 11.3 Å². The topological polar surface area (TPSA) is 85.8 Å². The van der Waals surface area contributed by atoms with Crippen molar-refractivity contribution in [2.24, 2.45) is 7.05 Å². The van der Waals surface area contributed by atoms with Crippen LogP contribution in [0.1, 0.15) is 20.9 Å². The molecule has 0 saturated heterocycles. The van der Waals surface area contributed by atoms with Gasteiger partial charge in [0.15, 0.2) is 0 Å². The second-order valence-electron chi connectivity index (χ2n) is 4.77. The number of rotatable bonds is 3. The lowest BCUT2D eigenvalue weighted by atomic mass is 10.2. The van der Waals surface area contributed by atoms with Crippen molar-refractivity contribution in [2.45, 2.75) is 13.5 Å². The Kier molecular flexibility index (Phi) is 3.34. The van der Waals surface area contributed by atoms with E-state index in [2.05, 4.69) is 15.4 Å². The first-order chi connectivity index (χ1) is 10.1. The lowest BCUT2D eigenvalue weighted by molar-refractivity contribution is 0.0956. The summed E-state index contributed by atoms with van der Waals surface area (Å²) in [6, 6.07) is 3.73. The monoisotopic (exact) mass is 301 g/mol. The molecular weight excluding hydrogens is 286 g/mol. The molecule has 21 heavy (non-hydrogen) atoms. The number of nitrogens with zero attached hydrogens (tertiary/aromatic N) is 3. The predicted molar refractivity (Wildman–Crippen MR) is 83.1 cm³/mol. The summed E-state index contributed by atoms with van der Waals surface area (Å²) >= 11 is 1.37. The molecular formula is C14H15N5OS. The Balaban J connectivity index is 1.85. The van der Waals surface area contributed by atoms with E-state index in [0.29, 0.717) is 17.1 Å². The maximum Gasteiger partial charge on any atom is 0.263 e. The second-order valence-corrected chi connectivity index (χ2v) is 5.77. The van der Waals surface area contributed by atoms with Crippen LogP contribution in [0.2, 0.25) is 0 Å². The van der Waals surface area contributed by atoms with E-state index in [1.165, 1.54) is 11.3 Å². The van der Waals surface area contributed by atoms with Crippen LogP contribution < -0.4 is 11.1 Å². The van der Waals surface area contributed by atoms with Crippen molar-refractivity contribution in [1.82, 2.24) is 20.1 Å². The number of aryl methyl sites for hydroxylation is 2. The summed E-state index contributed by atoms with van der Waals surface area (Å²) in [6.07, 6.45) is 3.40. The van der Waals surface area contributed by atoms with Gasteiger partial charge in [0.1, 0.15) is 9.71 Å². The van der Waals surface area contributed by atoms with Crippen LogP contribution in [0.25, 0.3) is 10.2 Å². The minimum atomic E-state index is -0.162. The zero-order chi connectivity index (χ0) is 15.0.